The minimum absolute atomic E-state index is 0.873. The van der Waals surface area contributed by atoms with Gasteiger partial charge in [0.2, 0.25) is 0 Å². The monoisotopic (exact) mass is 211 g/mol. The number of hydrogen-bond donors (Lipinski definition) is 1. The standard InChI is InChI=1S/C12H25N3/c1-4-6-9-15(3)12(13-5-2)14-10-11-7-8-11/h11H,4-10H2,1-3H3,(H,13,14). The smallest absolute Gasteiger partial charge is 0.193 e. The molecule has 1 N–H and O–H groups in total. The Labute approximate surface area is 94.0 Å². The minimum atomic E-state index is 0.873. The zero-order valence-corrected chi connectivity index (χ0v) is 10.4. The molecule has 0 aliphatic heterocycles. The van der Waals surface area contributed by atoms with Crippen LogP contribution in [0.1, 0.15) is 39.5 Å². The van der Waals surface area contributed by atoms with Crippen LogP contribution in [0.4, 0.5) is 0 Å². The molecule has 0 aromatic heterocycles. The summed E-state index contributed by atoms with van der Waals surface area (Å²) in [4.78, 5) is 6.91. The maximum Gasteiger partial charge on any atom is 0.193 e. The Morgan fingerprint density at radius 1 is 1.40 bits per heavy atom. The van der Waals surface area contributed by atoms with Crippen molar-refractivity contribution < 1.29 is 0 Å². The lowest BCUT2D eigenvalue weighted by molar-refractivity contribution is 0.464. The summed E-state index contributed by atoms with van der Waals surface area (Å²) in [6.07, 6.45) is 5.24. The van der Waals surface area contributed by atoms with E-state index in [0.717, 1.165) is 31.5 Å². The van der Waals surface area contributed by atoms with Crippen LogP contribution >= 0.6 is 0 Å². The Kier molecular flexibility index (Phi) is 5.51. The highest BCUT2D eigenvalue weighted by molar-refractivity contribution is 5.79. The first kappa shape index (κ1) is 12.3. The van der Waals surface area contributed by atoms with Crippen molar-refractivity contribution in [1.82, 2.24) is 10.2 Å². The van der Waals surface area contributed by atoms with Gasteiger partial charge in [-0.05, 0) is 32.1 Å². The van der Waals surface area contributed by atoms with Crippen molar-refractivity contribution in [2.24, 2.45) is 10.9 Å². The molecule has 3 nitrogen and oxygen atoms in total. The highest BCUT2D eigenvalue weighted by atomic mass is 15.3. The van der Waals surface area contributed by atoms with Crippen LogP contribution in [0.25, 0.3) is 0 Å². The second-order valence-electron chi connectivity index (χ2n) is 4.41. The maximum absolute atomic E-state index is 4.66. The Balaban J connectivity index is 2.35. The van der Waals surface area contributed by atoms with Crippen molar-refractivity contribution in [1.29, 1.82) is 0 Å². The molecular weight excluding hydrogens is 186 g/mol. The van der Waals surface area contributed by atoms with E-state index in [1.165, 1.54) is 25.7 Å². The normalized spacial score (nSPS) is 16.6. The van der Waals surface area contributed by atoms with Crippen molar-refractivity contribution in [3.63, 3.8) is 0 Å². The topological polar surface area (TPSA) is 27.6 Å². The van der Waals surface area contributed by atoms with Crippen molar-refractivity contribution >= 4 is 5.96 Å². The lowest BCUT2D eigenvalue weighted by Gasteiger charge is -2.21. The van der Waals surface area contributed by atoms with Crippen LogP contribution in [0.15, 0.2) is 4.99 Å². The van der Waals surface area contributed by atoms with Gasteiger partial charge >= 0.3 is 0 Å². The highest BCUT2D eigenvalue weighted by Gasteiger charge is 2.20. The summed E-state index contributed by atoms with van der Waals surface area (Å²) in [7, 11) is 2.13. The molecule has 0 bridgehead atoms. The molecule has 0 heterocycles. The van der Waals surface area contributed by atoms with Gasteiger partial charge in [-0.15, -0.1) is 0 Å². The summed E-state index contributed by atoms with van der Waals surface area (Å²) in [5.74, 6) is 1.95. The summed E-state index contributed by atoms with van der Waals surface area (Å²) in [6, 6.07) is 0. The Morgan fingerprint density at radius 3 is 2.67 bits per heavy atom. The first-order valence-electron chi connectivity index (χ1n) is 6.27. The van der Waals surface area contributed by atoms with Gasteiger partial charge < -0.3 is 10.2 Å². The van der Waals surface area contributed by atoms with Gasteiger partial charge in [-0.1, -0.05) is 13.3 Å². The summed E-state index contributed by atoms with van der Waals surface area (Å²) < 4.78 is 0. The molecule has 0 amide bonds. The number of nitrogens with one attached hydrogen (secondary N) is 1. The van der Waals surface area contributed by atoms with Gasteiger partial charge in [-0.2, -0.15) is 0 Å². The number of rotatable bonds is 6. The van der Waals surface area contributed by atoms with E-state index in [-0.39, 0.29) is 0 Å². The van der Waals surface area contributed by atoms with Crippen LogP contribution in [-0.4, -0.2) is 37.5 Å². The molecule has 0 spiro atoms. The van der Waals surface area contributed by atoms with Crippen molar-refractivity contribution in [2.45, 2.75) is 39.5 Å². The molecule has 1 rings (SSSR count). The highest BCUT2D eigenvalue weighted by Crippen LogP contribution is 2.28. The molecule has 88 valence electrons. The molecule has 1 aliphatic rings. The number of aliphatic imine (C=N–C) groups is 1. The van der Waals surface area contributed by atoms with E-state index in [4.69, 9.17) is 0 Å². The van der Waals surface area contributed by atoms with E-state index in [1.54, 1.807) is 0 Å². The van der Waals surface area contributed by atoms with Crippen LogP contribution in [-0.2, 0) is 0 Å². The number of hydrogen-bond acceptors (Lipinski definition) is 1. The van der Waals surface area contributed by atoms with E-state index >= 15 is 0 Å². The second kappa shape index (κ2) is 6.70. The van der Waals surface area contributed by atoms with E-state index < -0.39 is 0 Å². The zero-order chi connectivity index (χ0) is 11.1. The number of guanidine groups is 1. The molecule has 0 atom stereocenters. The third kappa shape index (κ3) is 5.05. The average Bonchev–Trinajstić information content (AvgIpc) is 3.04. The fourth-order valence-electron chi connectivity index (χ4n) is 1.49. The van der Waals surface area contributed by atoms with Crippen molar-refractivity contribution in [3.05, 3.63) is 0 Å². The Morgan fingerprint density at radius 2 is 2.13 bits per heavy atom. The third-order valence-corrected chi connectivity index (χ3v) is 2.74. The van der Waals surface area contributed by atoms with Gasteiger partial charge in [0.1, 0.15) is 0 Å². The Hall–Kier alpha value is -0.730. The minimum Gasteiger partial charge on any atom is -0.357 e. The second-order valence-corrected chi connectivity index (χ2v) is 4.41. The summed E-state index contributed by atoms with van der Waals surface area (Å²) in [6.45, 7) is 7.42. The van der Waals surface area contributed by atoms with Gasteiger partial charge in [0.05, 0.1) is 0 Å². The van der Waals surface area contributed by atoms with Crippen LogP contribution in [0.2, 0.25) is 0 Å². The molecule has 0 aromatic carbocycles. The molecular formula is C12H25N3. The number of nitrogens with zero attached hydrogens (tertiary/aromatic N) is 2. The van der Waals surface area contributed by atoms with Gasteiger partial charge in [-0.25, -0.2) is 0 Å². The molecule has 3 heteroatoms. The summed E-state index contributed by atoms with van der Waals surface area (Å²) in [5.41, 5.74) is 0. The van der Waals surface area contributed by atoms with Crippen LogP contribution in [0.3, 0.4) is 0 Å². The van der Waals surface area contributed by atoms with E-state index in [1.807, 2.05) is 0 Å². The third-order valence-electron chi connectivity index (χ3n) is 2.74. The largest absolute Gasteiger partial charge is 0.357 e. The summed E-state index contributed by atoms with van der Waals surface area (Å²) in [5, 5.41) is 3.35. The van der Waals surface area contributed by atoms with E-state index in [2.05, 4.69) is 36.1 Å². The van der Waals surface area contributed by atoms with Gasteiger partial charge in [-0.3, -0.25) is 4.99 Å². The number of unbranched alkanes of at least 4 members (excludes halogenated alkanes) is 1. The van der Waals surface area contributed by atoms with Crippen LogP contribution in [0.5, 0.6) is 0 Å². The lowest BCUT2D eigenvalue weighted by atomic mass is 10.3. The predicted molar refractivity (Wildman–Crippen MR) is 66.2 cm³/mol. The first-order valence-corrected chi connectivity index (χ1v) is 6.27. The van der Waals surface area contributed by atoms with Crippen molar-refractivity contribution in [3.8, 4) is 0 Å². The lowest BCUT2D eigenvalue weighted by Crippen LogP contribution is -2.39. The quantitative estimate of drug-likeness (QED) is 0.538. The molecule has 0 aromatic rings. The molecule has 0 radical (unpaired) electrons. The zero-order valence-electron chi connectivity index (χ0n) is 10.4. The molecule has 15 heavy (non-hydrogen) atoms. The fraction of sp³-hybridized carbons (Fsp3) is 0.917. The predicted octanol–water partition coefficient (Wildman–Crippen LogP) is 2.09. The Bertz CT molecular complexity index is 197. The summed E-state index contributed by atoms with van der Waals surface area (Å²) >= 11 is 0. The molecule has 0 unspecified atom stereocenters. The van der Waals surface area contributed by atoms with E-state index in [0.29, 0.717) is 0 Å². The van der Waals surface area contributed by atoms with Crippen molar-refractivity contribution in [2.75, 3.05) is 26.7 Å². The van der Waals surface area contributed by atoms with Crippen LogP contribution < -0.4 is 5.32 Å². The molecule has 1 aliphatic carbocycles. The SMILES string of the molecule is CCCCN(C)C(=NCC1CC1)NCC. The first-order chi connectivity index (χ1) is 7.27. The van der Waals surface area contributed by atoms with Gasteiger partial charge in [0, 0.05) is 26.7 Å². The molecule has 0 saturated heterocycles. The van der Waals surface area contributed by atoms with E-state index in [9.17, 15) is 0 Å². The van der Waals surface area contributed by atoms with Gasteiger partial charge in [0.15, 0.2) is 5.96 Å². The molecule has 1 saturated carbocycles. The fourth-order valence-corrected chi connectivity index (χ4v) is 1.49. The van der Waals surface area contributed by atoms with Crippen LogP contribution in [0, 0.1) is 5.92 Å². The maximum atomic E-state index is 4.66. The average molecular weight is 211 g/mol. The molecule has 1 fully saturated rings. The van der Waals surface area contributed by atoms with Gasteiger partial charge in [0.25, 0.3) is 0 Å².